The summed E-state index contributed by atoms with van der Waals surface area (Å²) in [6.45, 7) is 1.69. The third-order valence-corrected chi connectivity index (χ3v) is 2.86. The normalized spacial score (nSPS) is 12.2. The molecule has 1 heterocycles. The van der Waals surface area contributed by atoms with Crippen molar-refractivity contribution in [1.82, 2.24) is 25.5 Å². The first-order valence-electron chi connectivity index (χ1n) is 5.46. The second-order valence-corrected chi connectivity index (χ2v) is 4.00. The number of hydrogen-bond donors (Lipinski definition) is 1. The van der Waals surface area contributed by atoms with Crippen LogP contribution < -0.4 is 0 Å². The molecule has 1 aromatic carbocycles. The summed E-state index contributed by atoms with van der Waals surface area (Å²) in [6.07, 6.45) is 0. The molecule has 1 aromatic heterocycles. The van der Waals surface area contributed by atoms with Gasteiger partial charge in [-0.05, 0) is 29.8 Å². The van der Waals surface area contributed by atoms with Crippen LogP contribution in [0.5, 0.6) is 0 Å². The fraction of sp³-hybridized carbons (Fsp3) is 0.273. The molecule has 1 atom stereocenters. The largest absolute Gasteiger partial charge is 0.332 e. The smallest absolute Gasteiger partial charge is 0.295 e. The highest BCUT2D eigenvalue weighted by Crippen LogP contribution is 2.21. The van der Waals surface area contributed by atoms with Crippen LogP contribution in [0.1, 0.15) is 29.1 Å². The Hall–Kier alpha value is -2.38. The van der Waals surface area contributed by atoms with Crippen LogP contribution >= 0.6 is 0 Å². The van der Waals surface area contributed by atoms with E-state index >= 15 is 0 Å². The van der Waals surface area contributed by atoms with E-state index in [1.54, 1.807) is 6.92 Å². The maximum atomic E-state index is 13.2. The first-order chi connectivity index (χ1) is 9.00. The van der Waals surface area contributed by atoms with Gasteiger partial charge in [0.15, 0.2) is 11.6 Å². The van der Waals surface area contributed by atoms with Crippen molar-refractivity contribution in [2.75, 3.05) is 7.05 Å². The molecule has 0 radical (unpaired) electrons. The molecule has 100 valence electrons. The predicted octanol–water partition coefficient (Wildman–Crippen LogP) is 1.31. The van der Waals surface area contributed by atoms with Gasteiger partial charge in [-0.2, -0.15) is 5.21 Å². The van der Waals surface area contributed by atoms with E-state index in [1.807, 2.05) is 0 Å². The van der Waals surface area contributed by atoms with Crippen molar-refractivity contribution in [3.05, 3.63) is 41.2 Å². The zero-order chi connectivity index (χ0) is 14.0. The molecule has 0 aliphatic rings. The average molecular weight is 267 g/mol. The van der Waals surface area contributed by atoms with Gasteiger partial charge in [0.05, 0.1) is 6.04 Å². The van der Waals surface area contributed by atoms with Crippen LogP contribution in [0, 0.1) is 11.6 Å². The minimum absolute atomic E-state index is 0.0862. The molecular weight excluding hydrogens is 256 g/mol. The zero-order valence-corrected chi connectivity index (χ0v) is 10.3. The Morgan fingerprint density at radius 2 is 2.11 bits per heavy atom. The zero-order valence-electron chi connectivity index (χ0n) is 10.3. The van der Waals surface area contributed by atoms with Crippen molar-refractivity contribution in [1.29, 1.82) is 0 Å². The summed E-state index contributed by atoms with van der Waals surface area (Å²) in [5, 5.41) is 12.6. The number of H-pyrrole nitrogens is 1. The maximum Gasteiger partial charge on any atom is 0.295 e. The number of benzene rings is 1. The van der Waals surface area contributed by atoms with Crippen molar-refractivity contribution in [3.8, 4) is 0 Å². The average Bonchev–Trinajstić information content (AvgIpc) is 2.93. The number of nitrogens with one attached hydrogen (secondary N) is 1. The van der Waals surface area contributed by atoms with Gasteiger partial charge in [-0.1, -0.05) is 6.07 Å². The minimum atomic E-state index is -0.954. The number of rotatable bonds is 3. The van der Waals surface area contributed by atoms with Crippen molar-refractivity contribution in [2.24, 2.45) is 0 Å². The molecule has 1 unspecified atom stereocenters. The van der Waals surface area contributed by atoms with Crippen LogP contribution in [0.2, 0.25) is 0 Å². The van der Waals surface area contributed by atoms with Crippen LogP contribution in [-0.4, -0.2) is 38.5 Å². The molecule has 19 heavy (non-hydrogen) atoms. The lowest BCUT2D eigenvalue weighted by Crippen LogP contribution is -2.30. The summed E-state index contributed by atoms with van der Waals surface area (Å²) in [5.41, 5.74) is 0.471. The van der Waals surface area contributed by atoms with Gasteiger partial charge in [0.1, 0.15) is 0 Å². The van der Waals surface area contributed by atoms with Crippen LogP contribution in [0.4, 0.5) is 8.78 Å². The molecule has 0 spiro atoms. The number of hydrogen-bond acceptors (Lipinski definition) is 4. The van der Waals surface area contributed by atoms with Crippen LogP contribution in [-0.2, 0) is 0 Å². The van der Waals surface area contributed by atoms with Gasteiger partial charge >= 0.3 is 0 Å². The number of amides is 1. The standard InChI is InChI=1S/C11H11F2N5O/c1-6(7-3-4-8(12)9(13)5-7)18(2)11(19)10-14-16-17-15-10/h3-6H,1-2H3,(H,14,15,16,17). The van der Waals surface area contributed by atoms with Crippen molar-refractivity contribution in [2.45, 2.75) is 13.0 Å². The van der Waals surface area contributed by atoms with E-state index in [-0.39, 0.29) is 5.82 Å². The highest BCUT2D eigenvalue weighted by Gasteiger charge is 2.22. The number of aromatic nitrogens is 4. The summed E-state index contributed by atoms with van der Waals surface area (Å²) in [6, 6.07) is 3.04. The first-order valence-corrected chi connectivity index (χ1v) is 5.46. The molecule has 0 fully saturated rings. The molecule has 2 rings (SSSR count). The van der Waals surface area contributed by atoms with E-state index in [0.29, 0.717) is 5.56 Å². The number of halogens is 2. The van der Waals surface area contributed by atoms with Gasteiger partial charge in [0.25, 0.3) is 11.7 Å². The lowest BCUT2D eigenvalue weighted by molar-refractivity contribution is 0.0730. The number of carbonyl (C=O) groups excluding carboxylic acids is 1. The van der Waals surface area contributed by atoms with E-state index in [2.05, 4.69) is 20.6 Å². The van der Waals surface area contributed by atoms with E-state index in [1.165, 1.54) is 18.0 Å². The van der Waals surface area contributed by atoms with Crippen LogP contribution in [0.15, 0.2) is 18.2 Å². The number of nitrogens with zero attached hydrogens (tertiary/aromatic N) is 4. The van der Waals surface area contributed by atoms with Crippen molar-refractivity contribution >= 4 is 5.91 Å². The van der Waals surface area contributed by atoms with Gasteiger partial charge in [0.2, 0.25) is 0 Å². The molecule has 1 amide bonds. The molecular formula is C11H11F2N5O. The van der Waals surface area contributed by atoms with Crippen LogP contribution in [0.3, 0.4) is 0 Å². The van der Waals surface area contributed by atoms with Crippen molar-refractivity contribution in [3.63, 3.8) is 0 Å². The van der Waals surface area contributed by atoms with Gasteiger partial charge in [-0.3, -0.25) is 4.79 Å². The summed E-state index contributed by atoms with van der Waals surface area (Å²) in [4.78, 5) is 13.3. The second kappa shape index (κ2) is 5.09. The maximum absolute atomic E-state index is 13.2. The SMILES string of the molecule is CC(c1ccc(F)c(F)c1)N(C)C(=O)c1nn[nH]n1. The summed E-state index contributed by atoms with van der Waals surface area (Å²) in [5.74, 6) is -2.43. The Bertz CT molecular complexity index is 587. The Labute approximate surface area is 107 Å². The number of carbonyl (C=O) groups is 1. The third-order valence-electron chi connectivity index (χ3n) is 2.86. The van der Waals surface area contributed by atoms with Crippen molar-refractivity contribution < 1.29 is 13.6 Å². The monoisotopic (exact) mass is 267 g/mol. The van der Waals surface area contributed by atoms with E-state index in [0.717, 1.165) is 12.1 Å². The second-order valence-electron chi connectivity index (χ2n) is 4.00. The Morgan fingerprint density at radius 3 is 2.68 bits per heavy atom. The fourth-order valence-electron chi connectivity index (χ4n) is 1.58. The third kappa shape index (κ3) is 2.56. The summed E-state index contributed by atoms with van der Waals surface area (Å²) < 4.78 is 26.0. The van der Waals surface area contributed by atoms with Gasteiger partial charge in [-0.15, -0.1) is 10.2 Å². The quantitative estimate of drug-likeness (QED) is 0.909. The molecule has 6 nitrogen and oxygen atoms in total. The molecule has 0 aliphatic carbocycles. The van der Waals surface area contributed by atoms with E-state index in [4.69, 9.17) is 0 Å². The number of aromatic amines is 1. The van der Waals surface area contributed by atoms with Gasteiger partial charge < -0.3 is 4.90 Å². The first kappa shape index (κ1) is 13.1. The highest BCUT2D eigenvalue weighted by molar-refractivity contribution is 5.90. The minimum Gasteiger partial charge on any atom is -0.332 e. The molecule has 0 bridgehead atoms. The fourth-order valence-corrected chi connectivity index (χ4v) is 1.58. The Morgan fingerprint density at radius 1 is 1.37 bits per heavy atom. The molecule has 0 saturated carbocycles. The Balaban J connectivity index is 2.21. The topological polar surface area (TPSA) is 74.8 Å². The predicted molar refractivity (Wildman–Crippen MR) is 61.0 cm³/mol. The lowest BCUT2D eigenvalue weighted by Gasteiger charge is -2.24. The van der Waals surface area contributed by atoms with Gasteiger partial charge in [0, 0.05) is 7.05 Å². The molecule has 8 heteroatoms. The van der Waals surface area contributed by atoms with Gasteiger partial charge in [-0.25, -0.2) is 8.78 Å². The molecule has 2 aromatic rings. The highest BCUT2D eigenvalue weighted by atomic mass is 19.2. The molecule has 0 aliphatic heterocycles. The summed E-state index contributed by atoms with van der Waals surface area (Å²) >= 11 is 0. The summed E-state index contributed by atoms with van der Waals surface area (Å²) in [7, 11) is 1.52. The van der Waals surface area contributed by atoms with E-state index < -0.39 is 23.6 Å². The molecule has 1 N–H and O–H groups in total. The van der Waals surface area contributed by atoms with Crippen LogP contribution in [0.25, 0.3) is 0 Å². The molecule has 0 saturated heterocycles. The Kier molecular flexibility index (Phi) is 3.50. The number of tetrazole rings is 1. The van der Waals surface area contributed by atoms with E-state index in [9.17, 15) is 13.6 Å². The lowest BCUT2D eigenvalue weighted by atomic mass is 10.1.